The molecule has 1 aromatic carbocycles. The van der Waals surface area contributed by atoms with Crippen molar-refractivity contribution in [3.05, 3.63) is 72.2 Å². The van der Waals surface area contributed by atoms with Crippen LogP contribution in [0.15, 0.2) is 65.8 Å². The SMILES string of the molecule is Cc1c(S(=O)(=O)N2C[C@@H](N)[C@H](c3ccccc3)C2)cnn1-c1ccccn1.Cl. The van der Waals surface area contributed by atoms with Gasteiger partial charge in [-0.05, 0) is 24.6 Å². The number of nitrogens with zero attached hydrogens (tertiary/aromatic N) is 4. The molecule has 9 heteroatoms. The van der Waals surface area contributed by atoms with Gasteiger partial charge in [0.1, 0.15) is 4.90 Å². The van der Waals surface area contributed by atoms with E-state index in [0.29, 0.717) is 18.1 Å². The monoisotopic (exact) mass is 419 g/mol. The molecule has 3 heterocycles. The molecule has 4 rings (SSSR count). The summed E-state index contributed by atoms with van der Waals surface area (Å²) >= 11 is 0. The van der Waals surface area contributed by atoms with Crippen LogP contribution in [0, 0.1) is 6.92 Å². The average molecular weight is 420 g/mol. The Hall–Kier alpha value is -2.26. The third-order valence-corrected chi connectivity index (χ3v) is 6.94. The van der Waals surface area contributed by atoms with Gasteiger partial charge < -0.3 is 5.73 Å². The van der Waals surface area contributed by atoms with Crippen molar-refractivity contribution >= 4 is 22.4 Å². The van der Waals surface area contributed by atoms with Crippen molar-refractivity contribution in [3.63, 3.8) is 0 Å². The van der Waals surface area contributed by atoms with Crippen LogP contribution in [0.2, 0.25) is 0 Å². The van der Waals surface area contributed by atoms with Crippen LogP contribution in [0.1, 0.15) is 17.2 Å². The number of sulfonamides is 1. The number of pyridine rings is 1. The van der Waals surface area contributed by atoms with E-state index < -0.39 is 10.0 Å². The molecule has 2 aromatic heterocycles. The summed E-state index contributed by atoms with van der Waals surface area (Å²) in [5, 5.41) is 4.24. The van der Waals surface area contributed by atoms with Gasteiger partial charge in [0.05, 0.1) is 11.9 Å². The van der Waals surface area contributed by atoms with Crippen molar-refractivity contribution < 1.29 is 8.42 Å². The van der Waals surface area contributed by atoms with Gasteiger partial charge in [0.15, 0.2) is 5.82 Å². The molecule has 1 fully saturated rings. The molecule has 0 amide bonds. The van der Waals surface area contributed by atoms with Gasteiger partial charge in [0, 0.05) is 31.2 Å². The highest BCUT2D eigenvalue weighted by atomic mass is 35.5. The minimum absolute atomic E-state index is 0. The van der Waals surface area contributed by atoms with E-state index in [1.807, 2.05) is 36.4 Å². The number of aromatic nitrogens is 3. The molecule has 1 saturated heterocycles. The van der Waals surface area contributed by atoms with Crippen LogP contribution in [-0.2, 0) is 10.0 Å². The van der Waals surface area contributed by atoms with E-state index in [1.165, 1.54) is 15.2 Å². The molecule has 7 nitrogen and oxygen atoms in total. The summed E-state index contributed by atoms with van der Waals surface area (Å²) in [7, 11) is -3.69. The van der Waals surface area contributed by atoms with Crippen LogP contribution in [-0.4, -0.2) is 46.6 Å². The lowest BCUT2D eigenvalue weighted by molar-refractivity contribution is 0.469. The Morgan fingerprint density at radius 1 is 1.07 bits per heavy atom. The Labute approximate surface area is 170 Å². The zero-order valence-electron chi connectivity index (χ0n) is 15.3. The quantitative estimate of drug-likeness (QED) is 0.698. The van der Waals surface area contributed by atoms with Crippen molar-refractivity contribution in [2.45, 2.75) is 23.8 Å². The molecule has 0 aliphatic carbocycles. The van der Waals surface area contributed by atoms with Gasteiger partial charge in [-0.25, -0.2) is 18.1 Å². The van der Waals surface area contributed by atoms with E-state index in [0.717, 1.165) is 5.56 Å². The highest BCUT2D eigenvalue weighted by Gasteiger charge is 2.39. The molecule has 0 bridgehead atoms. The van der Waals surface area contributed by atoms with Gasteiger partial charge in [-0.1, -0.05) is 36.4 Å². The van der Waals surface area contributed by atoms with Gasteiger partial charge in [0.25, 0.3) is 0 Å². The summed E-state index contributed by atoms with van der Waals surface area (Å²) in [5.74, 6) is 0.559. The lowest BCUT2D eigenvalue weighted by atomic mass is 9.95. The average Bonchev–Trinajstić information content (AvgIpc) is 3.27. The fourth-order valence-electron chi connectivity index (χ4n) is 3.54. The molecule has 28 heavy (non-hydrogen) atoms. The van der Waals surface area contributed by atoms with Crippen LogP contribution in [0.25, 0.3) is 5.82 Å². The Bertz CT molecular complexity index is 1040. The molecular weight excluding hydrogens is 398 g/mol. The first-order valence-electron chi connectivity index (χ1n) is 8.75. The minimum Gasteiger partial charge on any atom is -0.326 e. The molecule has 3 aromatic rings. The molecule has 0 spiro atoms. The number of benzene rings is 1. The third-order valence-electron chi connectivity index (χ3n) is 5.01. The number of nitrogens with two attached hydrogens (primary N) is 1. The molecule has 148 valence electrons. The van der Waals surface area contributed by atoms with Crippen LogP contribution >= 0.6 is 12.4 Å². The summed E-state index contributed by atoms with van der Waals surface area (Å²) < 4.78 is 29.4. The molecular formula is C19H22ClN5O2S. The molecule has 2 atom stereocenters. The fourth-order valence-corrected chi connectivity index (χ4v) is 5.18. The number of hydrogen-bond acceptors (Lipinski definition) is 5. The van der Waals surface area contributed by atoms with Crippen LogP contribution in [0.3, 0.4) is 0 Å². The Morgan fingerprint density at radius 2 is 1.79 bits per heavy atom. The van der Waals surface area contributed by atoms with E-state index >= 15 is 0 Å². The smallest absolute Gasteiger partial charge is 0.246 e. The van der Waals surface area contributed by atoms with Gasteiger partial charge in [-0.2, -0.15) is 9.40 Å². The highest BCUT2D eigenvalue weighted by Crippen LogP contribution is 2.31. The van der Waals surface area contributed by atoms with Gasteiger partial charge in [0.2, 0.25) is 10.0 Å². The minimum atomic E-state index is -3.69. The van der Waals surface area contributed by atoms with Crippen LogP contribution < -0.4 is 5.73 Å². The predicted octanol–water partition coefficient (Wildman–Crippen LogP) is 2.11. The Morgan fingerprint density at radius 3 is 2.46 bits per heavy atom. The lowest BCUT2D eigenvalue weighted by Crippen LogP contribution is -2.32. The van der Waals surface area contributed by atoms with Crippen molar-refractivity contribution in [2.24, 2.45) is 5.73 Å². The second-order valence-electron chi connectivity index (χ2n) is 6.70. The van der Waals surface area contributed by atoms with E-state index in [4.69, 9.17) is 5.73 Å². The number of rotatable bonds is 4. The summed E-state index contributed by atoms with van der Waals surface area (Å²) in [6.45, 7) is 2.39. The second kappa shape index (κ2) is 8.00. The van der Waals surface area contributed by atoms with Crippen molar-refractivity contribution in [3.8, 4) is 5.82 Å². The summed E-state index contributed by atoms with van der Waals surface area (Å²) in [6, 6.07) is 15.0. The second-order valence-corrected chi connectivity index (χ2v) is 8.60. The highest BCUT2D eigenvalue weighted by molar-refractivity contribution is 7.89. The van der Waals surface area contributed by atoms with Crippen molar-refractivity contribution in [2.75, 3.05) is 13.1 Å². The fraction of sp³-hybridized carbons (Fsp3) is 0.263. The molecule has 0 unspecified atom stereocenters. The Balaban J connectivity index is 0.00000225. The maximum absolute atomic E-state index is 13.2. The molecule has 0 saturated carbocycles. The zero-order chi connectivity index (χ0) is 19.0. The topological polar surface area (TPSA) is 94.1 Å². The van der Waals surface area contributed by atoms with E-state index in [2.05, 4.69) is 10.1 Å². The third kappa shape index (κ3) is 3.56. The van der Waals surface area contributed by atoms with Gasteiger partial charge in [-0.15, -0.1) is 12.4 Å². The lowest BCUT2D eigenvalue weighted by Gasteiger charge is -2.16. The summed E-state index contributed by atoms with van der Waals surface area (Å²) in [6.07, 6.45) is 3.04. The predicted molar refractivity (Wildman–Crippen MR) is 109 cm³/mol. The van der Waals surface area contributed by atoms with Gasteiger partial charge >= 0.3 is 0 Å². The normalized spacial score (nSPS) is 20.1. The summed E-state index contributed by atoms with van der Waals surface area (Å²) in [4.78, 5) is 4.43. The van der Waals surface area contributed by atoms with E-state index in [9.17, 15) is 8.42 Å². The maximum atomic E-state index is 13.2. The first-order valence-corrected chi connectivity index (χ1v) is 10.2. The largest absolute Gasteiger partial charge is 0.326 e. The first kappa shape index (κ1) is 20.5. The first-order chi connectivity index (χ1) is 13.0. The van der Waals surface area contributed by atoms with E-state index in [-0.39, 0.29) is 35.8 Å². The number of hydrogen-bond donors (Lipinski definition) is 1. The zero-order valence-corrected chi connectivity index (χ0v) is 17.0. The molecule has 2 N–H and O–H groups in total. The molecule has 1 aliphatic rings. The van der Waals surface area contributed by atoms with Gasteiger partial charge in [-0.3, -0.25) is 0 Å². The molecule has 1 aliphatic heterocycles. The van der Waals surface area contributed by atoms with Crippen molar-refractivity contribution in [1.82, 2.24) is 19.1 Å². The standard InChI is InChI=1S/C19H21N5O2S.ClH/c1-14-18(11-22-24(14)19-9-5-6-10-21-19)27(25,26)23-12-16(17(20)13-23)15-7-3-2-4-8-15;/h2-11,16-17H,12-13,20H2,1H3;1H/t16-,17+;/m0./s1. The summed E-state index contributed by atoms with van der Waals surface area (Å²) in [5.41, 5.74) is 7.87. The number of halogens is 1. The van der Waals surface area contributed by atoms with Crippen LogP contribution in [0.5, 0.6) is 0 Å². The maximum Gasteiger partial charge on any atom is 0.246 e. The Kier molecular flexibility index (Phi) is 5.85. The van der Waals surface area contributed by atoms with Crippen molar-refractivity contribution in [1.29, 1.82) is 0 Å². The van der Waals surface area contributed by atoms with E-state index in [1.54, 1.807) is 25.3 Å². The molecule has 0 radical (unpaired) electrons. The van der Waals surface area contributed by atoms with Crippen LogP contribution in [0.4, 0.5) is 0 Å².